The van der Waals surface area contributed by atoms with Crippen LogP contribution < -0.4 is 14.8 Å². The molecule has 0 saturated heterocycles. The molecule has 1 amide bonds. The normalized spacial score (nSPS) is 13.3. The first-order valence-electron chi connectivity index (χ1n) is 10.7. The Kier molecular flexibility index (Phi) is 6.61. The van der Waals surface area contributed by atoms with E-state index in [1.165, 1.54) is 11.1 Å². The highest BCUT2D eigenvalue weighted by atomic mass is 16.5. The maximum atomic E-state index is 12.5. The highest BCUT2D eigenvalue weighted by molar-refractivity contribution is 5.94. The third kappa shape index (κ3) is 4.86. The second kappa shape index (κ2) is 9.75. The lowest BCUT2D eigenvalue weighted by Crippen LogP contribution is -2.31. The summed E-state index contributed by atoms with van der Waals surface area (Å²) < 4.78 is 10.4. The van der Waals surface area contributed by atoms with Crippen molar-refractivity contribution in [3.63, 3.8) is 0 Å². The molecule has 0 unspecified atom stereocenters. The van der Waals surface area contributed by atoms with E-state index in [-0.39, 0.29) is 11.7 Å². The van der Waals surface area contributed by atoms with Crippen molar-refractivity contribution in [1.29, 1.82) is 0 Å². The van der Waals surface area contributed by atoms with Crippen LogP contribution in [0.3, 0.4) is 0 Å². The molecule has 4 rings (SSSR count). The topological polar surface area (TPSA) is 71.0 Å². The van der Waals surface area contributed by atoms with Gasteiger partial charge in [0, 0.05) is 31.7 Å². The number of ether oxygens (including phenoxy) is 2. The van der Waals surface area contributed by atoms with Gasteiger partial charge in [-0.1, -0.05) is 24.3 Å². The predicted octanol–water partition coefficient (Wildman–Crippen LogP) is 3.90. The smallest absolute Gasteiger partial charge is 0.251 e. The van der Waals surface area contributed by atoms with Crippen molar-refractivity contribution in [2.45, 2.75) is 26.1 Å². The summed E-state index contributed by atoms with van der Waals surface area (Å²) in [5.41, 5.74) is 5.23. The van der Waals surface area contributed by atoms with Gasteiger partial charge in [0.2, 0.25) is 0 Å². The zero-order chi connectivity index (χ0) is 22.5. The molecule has 0 spiro atoms. The monoisotopic (exact) mass is 432 g/mol. The van der Waals surface area contributed by atoms with Crippen molar-refractivity contribution in [1.82, 2.24) is 10.2 Å². The number of carbonyl (C=O) groups excluding carboxylic acids is 1. The van der Waals surface area contributed by atoms with Crippen LogP contribution in [0.2, 0.25) is 0 Å². The molecule has 1 aliphatic heterocycles. The summed E-state index contributed by atoms with van der Waals surface area (Å²) in [4.78, 5) is 14.9. The molecule has 2 N–H and O–H groups in total. The van der Waals surface area contributed by atoms with Gasteiger partial charge in [0.15, 0.2) is 11.5 Å². The Labute approximate surface area is 188 Å². The van der Waals surface area contributed by atoms with Gasteiger partial charge in [-0.25, -0.2) is 0 Å². The Hall–Kier alpha value is -3.51. The minimum atomic E-state index is -0.112. The lowest BCUT2D eigenvalue weighted by Gasteiger charge is -2.30. The second-order valence-corrected chi connectivity index (χ2v) is 7.93. The molecule has 3 aromatic carbocycles. The molecule has 0 saturated carbocycles. The number of methoxy groups -OCH3 is 2. The number of aromatic hydroxyl groups is 1. The molecule has 3 aromatic rings. The zero-order valence-electron chi connectivity index (χ0n) is 18.4. The summed E-state index contributed by atoms with van der Waals surface area (Å²) in [6.07, 6.45) is 0.905. The minimum absolute atomic E-state index is 0.112. The Morgan fingerprint density at radius 1 is 1.00 bits per heavy atom. The molecule has 0 fully saturated rings. The van der Waals surface area contributed by atoms with E-state index in [0.717, 1.165) is 42.9 Å². The number of hydrogen-bond acceptors (Lipinski definition) is 5. The number of nitrogens with one attached hydrogen (secondary N) is 1. The number of benzene rings is 3. The van der Waals surface area contributed by atoms with Crippen LogP contribution in [0.1, 0.15) is 32.6 Å². The lowest BCUT2D eigenvalue weighted by molar-refractivity contribution is 0.0950. The van der Waals surface area contributed by atoms with E-state index >= 15 is 0 Å². The van der Waals surface area contributed by atoms with E-state index in [0.29, 0.717) is 17.9 Å². The number of hydrogen-bond donors (Lipinski definition) is 2. The van der Waals surface area contributed by atoms with Crippen LogP contribution in [0.5, 0.6) is 17.2 Å². The van der Waals surface area contributed by atoms with Crippen LogP contribution in [0.4, 0.5) is 0 Å². The highest BCUT2D eigenvalue weighted by Crippen LogP contribution is 2.32. The lowest BCUT2D eigenvalue weighted by atomic mass is 9.97. The fourth-order valence-electron chi connectivity index (χ4n) is 4.08. The maximum Gasteiger partial charge on any atom is 0.251 e. The first-order valence-corrected chi connectivity index (χ1v) is 10.7. The highest BCUT2D eigenvalue weighted by Gasteiger charge is 2.20. The molecule has 32 heavy (non-hydrogen) atoms. The van der Waals surface area contributed by atoms with Gasteiger partial charge in [-0.3, -0.25) is 9.69 Å². The Morgan fingerprint density at radius 3 is 2.47 bits per heavy atom. The van der Waals surface area contributed by atoms with Crippen LogP contribution in [-0.2, 0) is 26.1 Å². The first kappa shape index (κ1) is 21.7. The Balaban J connectivity index is 1.41. The van der Waals surface area contributed by atoms with Crippen molar-refractivity contribution in [2.75, 3.05) is 20.8 Å². The molecule has 0 atom stereocenters. The average Bonchev–Trinajstić information content (AvgIpc) is 2.83. The van der Waals surface area contributed by atoms with Crippen LogP contribution in [0.25, 0.3) is 0 Å². The second-order valence-electron chi connectivity index (χ2n) is 7.93. The maximum absolute atomic E-state index is 12.5. The summed E-state index contributed by atoms with van der Waals surface area (Å²) in [5.74, 6) is 1.31. The van der Waals surface area contributed by atoms with Gasteiger partial charge in [-0.2, -0.15) is 0 Å². The van der Waals surface area contributed by atoms with Crippen molar-refractivity contribution < 1.29 is 19.4 Å². The molecule has 0 radical (unpaired) electrons. The summed E-state index contributed by atoms with van der Waals surface area (Å²) in [6.45, 7) is 2.93. The summed E-state index contributed by atoms with van der Waals surface area (Å²) in [5, 5.41) is 13.2. The number of amides is 1. The van der Waals surface area contributed by atoms with E-state index in [9.17, 15) is 9.90 Å². The zero-order valence-corrected chi connectivity index (χ0v) is 18.4. The van der Waals surface area contributed by atoms with Gasteiger partial charge in [-0.05, 0) is 65.1 Å². The summed E-state index contributed by atoms with van der Waals surface area (Å²) >= 11 is 0. The molecular formula is C26H28N2O4. The standard InChI is InChI=1S/C26H28N2O4/c1-31-23-9-7-18(8-10-23)26(30)27-15-20-5-3-4-6-21(20)16-28-12-11-19-14-25(32-2)24(29)13-22(19)17-28/h3-10,13-14,29H,11-12,15-17H2,1-2H3,(H,27,30). The third-order valence-corrected chi connectivity index (χ3v) is 5.90. The number of fused-ring (bicyclic) bond motifs is 1. The number of phenolic OH excluding ortho intramolecular Hbond substituents is 1. The fraction of sp³-hybridized carbons (Fsp3) is 0.269. The third-order valence-electron chi connectivity index (χ3n) is 5.90. The van der Waals surface area contributed by atoms with Crippen LogP contribution >= 0.6 is 0 Å². The van der Waals surface area contributed by atoms with Crippen molar-refractivity contribution in [3.8, 4) is 17.2 Å². The van der Waals surface area contributed by atoms with Gasteiger partial charge in [0.1, 0.15) is 5.75 Å². The Bertz CT molecular complexity index is 1100. The van der Waals surface area contributed by atoms with E-state index < -0.39 is 0 Å². The van der Waals surface area contributed by atoms with E-state index in [1.807, 2.05) is 18.2 Å². The van der Waals surface area contributed by atoms with E-state index in [1.54, 1.807) is 44.6 Å². The molecule has 0 aliphatic carbocycles. The predicted molar refractivity (Wildman–Crippen MR) is 123 cm³/mol. The van der Waals surface area contributed by atoms with Crippen molar-refractivity contribution in [2.24, 2.45) is 0 Å². The number of nitrogens with zero attached hydrogens (tertiary/aromatic N) is 1. The van der Waals surface area contributed by atoms with Gasteiger partial charge < -0.3 is 19.9 Å². The SMILES string of the molecule is COc1ccc(C(=O)NCc2ccccc2CN2CCc3cc(OC)c(O)cc3C2)cc1. The number of phenols is 1. The molecule has 1 heterocycles. The number of rotatable bonds is 7. The minimum Gasteiger partial charge on any atom is -0.504 e. The van der Waals surface area contributed by atoms with Gasteiger partial charge in [0.25, 0.3) is 5.91 Å². The van der Waals surface area contributed by atoms with Crippen molar-refractivity contribution >= 4 is 5.91 Å². The van der Waals surface area contributed by atoms with Crippen molar-refractivity contribution in [3.05, 3.63) is 88.5 Å². The summed E-state index contributed by atoms with van der Waals surface area (Å²) in [7, 11) is 3.17. The molecule has 166 valence electrons. The van der Waals surface area contributed by atoms with Crippen LogP contribution in [-0.4, -0.2) is 36.7 Å². The fourth-order valence-corrected chi connectivity index (χ4v) is 4.08. The molecule has 0 bridgehead atoms. The van der Waals surface area contributed by atoms with Crippen LogP contribution in [0.15, 0.2) is 60.7 Å². The first-order chi connectivity index (χ1) is 15.6. The average molecular weight is 433 g/mol. The molecule has 1 aliphatic rings. The summed E-state index contributed by atoms with van der Waals surface area (Å²) in [6, 6.07) is 19.0. The number of carbonyl (C=O) groups is 1. The molecule has 6 heteroatoms. The molecule has 6 nitrogen and oxygen atoms in total. The van der Waals surface area contributed by atoms with Gasteiger partial charge in [0.05, 0.1) is 14.2 Å². The molecule has 0 aromatic heterocycles. The molecular weight excluding hydrogens is 404 g/mol. The Morgan fingerprint density at radius 2 is 1.75 bits per heavy atom. The van der Waals surface area contributed by atoms with E-state index in [4.69, 9.17) is 9.47 Å². The van der Waals surface area contributed by atoms with Gasteiger partial charge >= 0.3 is 0 Å². The quantitative estimate of drug-likeness (QED) is 0.593. The van der Waals surface area contributed by atoms with Crippen LogP contribution in [0, 0.1) is 0 Å². The largest absolute Gasteiger partial charge is 0.504 e. The van der Waals surface area contributed by atoms with E-state index in [2.05, 4.69) is 22.3 Å². The van der Waals surface area contributed by atoms with Gasteiger partial charge in [-0.15, -0.1) is 0 Å².